The summed E-state index contributed by atoms with van der Waals surface area (Å²) in [5, 5.41) is 3.46. The van der Waals surface area contributed by atoms with Crippen LogP contribution in [0.25, 0.3) is 10.9 Å². The van der Waals surface area contributed by atoms with Gasteiger partial charge in [-0.15, -0.1) is 0 Å². The molecule has 1 aromatic heterocycles. The molecule has 0 spiro atoms. The minimum absolute atomic E-state index is 0.0297. The zero-order valence-electron chi connectivity index (χ0n) is 20.7. The topological polar surface area (TPSA) is 92.9 Å². The van der Waals surface area contributed by atoms with Crippen molar-refractivity contribution in [3.05, 3.63) is 41.4 Å². The zero-order valence-corrected chi connectivity index (χ0v) is 20.7. The van der Waals surface area contributed by atoms with Crippen molar-refractivity contribution in [3.63, 3.8) is 0 Å². The molecule has 1 aliphatic rings. The van der Waals surface area contributed by atoms with Gasteiger partial charge in [0.2, 0.25) is 0 Å². The second kappa shape index (κ2) is 9.95. The molecule has 2 heterocycles. The van der Waals surface area contributed by atoms with Gasteiger partial charge in [0.1, 0.15) is 23.6 Å². The van der Waals surface area contributed by atoms with Gasteiger partial charge in [0.25, 0.3) is 0 Å². The Morgan fingerprint density at radius 1 is 1.15 bits per heavy atom. The number of nitrogens with one attached hydrogen (secondary N) is 2. The van der Waals surface area contributed by atoms with Crippen LogP contribution in [0.3, 0.4) is 0 Å². The van der Waals surface area contributed by atoms with Crippen molar-refractivity contribution in [1.29, 1.82) is 0 Å². The number of nitrogens with zero attached hydrogens (tertiary/aromatic N) is 1. The van der Waals surface area contributed by atoms with Gasteiger partial charge in [0.15, 0.2) is 0 Å². The molecule has 1 aromatic carbocycles. The third-order valence-electron chi connectivity index (χ3n) is 5.04. The molecule has 0 saturated heterocycles. The number of fused-ring (bicyclic) bond motifs is 3. The molecule has 0 fully saturated rings. The summed E-state index contributed by atoms with van der Waals surface area (Å²) in [5.41, 5.74) is 2.11. The van der Waals surface area contributed by atoms with E-state index in [1.165, 1.54) is 0 Å². The summed E-state index contributed by atoms with van der Waals surface area (Å²) in [6.07, 6.45) is 0.161. The highest BCUT2D eigenvalue weighted by Gasteiger charge is 2.28. The molecule has 186 valence electrons. The van der Waals surface area contributed by atoms with Crippen molar-refractivity contribution in [2.75, 3.05) is 19.7 Å². The lowest BCUT2D eigenvalue weighted by molar-refractivity contribution is 0.0224. The Morgan fingerprint density at radius 2 is 1.85 bits per heavy atom. The second-order valence-electron chi connectivity index (χ2n) is 10.4. The Labute approximate surface area is 199 Å². The van der Waals surface area contributed by atoms with E-state index in [9.17, 15) is 14.0 Å². The number of benzene rings is 1. The molecule has 1 aliphatic heterocycles. The van der Waals surface area contributed by atoms with Crippen LogP contribution in [-0.2, 0) is 22.4 Å². The molecule has 9 heteroatoms. The molecule has 0 radical (unpaired) electrons. The smallest absolute Gasteiger partial charge is 0.410 e. The van der Waals surface area contributed by atoms with Crippen molar-refractivity contribution in [1.82, 2.24) is 15.2 Å². The summed E-state index contributed by atoms with van der Waals surface area (Å²) in [5.74, 6) is 0.556. The van der Waals surface area contributed by atoms with Crippen LogP contribution in [0, 0.1) is 0 Å². The van der Waals surface area contributed by atoms with Gasteiger partial charge >= 0.3 is 12.2 Å². The van der Waals surface area contributed by atoms with Crippen LogP contribution in [0.15, 0.2) is 30.1 Å². The summed E-state index contributed by atoms with van der Waals surface area (Å²) >= 11 is 0. The molecule has 8 nitrogen and oxygen atoms in total. The maximum absolute atomic E-state index is 13.3. The largest absolute Gasteiger partial charge is 0.489 e. The van der Waals surface area contributed by atoms with E-state index in [1.807, 2.05) is 32.9 Å². The minimum atomic E-state index is -0.635. The highest BCUT2D eigenvalue weighted by molar-refractivity contribution is 5.87. The summed E-state index contributed by atoms with van der Waals surface area (Å²) in [6.45, 7) is 11.7. The Bertz CT molecular complexity index is 1080. The van der Waals surface area contributed by atoms with Gasteiger partial charge in [0, 0.05) is 47.2 Å². The van der Waals surface area contributed by atoms with Crippen LogP contribution >= 0.6 is 0 Å². The molecule has 0 bridgehead atoms. The fourth-order valence-corrected chi connectivity index (χ4v) is 3.56. The normalized spacial score (nSPS) is 14.6. The molecular weight excluding hydrogens is 441 g/mol. The minimum Gasteiger partial charge on any atom is -0.489 e. The van der Waals surface area contributed by atoms with E-state index in [1.54, 1.807) is 31.7 Å². The molecule has 34 heavy (non-hydrogen) atoms. The fraction of sp³-hybridized carbons (Fsp3) is 0.520. The van der Waals surface area contributed by atoms with E-state index in [0.717, 1.165) is 22.2 Å². The van der Waals surface area contributed by atoms with Crippen LogP contribution in [-0.4, -0.2) is 53.0 Å². The predicted molar refractivity (Wildman–Crippen MR) is 128 cm³/mol. The molecule has 0 aliphatic carbocycles. The number of halogens is 1. The van der Waals surface area contributed by atoms with E-state index < -0.39 is 17.3 Å². The highest BCUT2D eigenvalue weighted by atomic mass is 19.1. The maximum Gasteiger partial charge on any atom is 0.410 e. The van der Waals surface area contributed by atoms with Gasteiger partial charge in [-0.25, -0.2) is 14.0 Å². The number of rotatable bonds is 5. The molecular formula is C25H34FN3O5. The number of hydrogen-bond acceptors (Lipinski definition) is 5. The Hall–Kier alpha value is -3.23. The Kier molecular flexibility index (Phi) is 7.43. The Balaban J connectivity index is 1.65. The quantitative estimate of drug-likeness (QED) is 0.619. The van der Waals surface area contributed by atoms with E-state index >= 15 is 0 Å². The molecule has 0 atom stereocenters. The van der Waals surface area contributed by atoms with E-state index in [-0.39, 0.29) is 24.8 Å². The van der Waals surface area contributed by atoms with Gasteiger partial charge in [-0.05, 0) is 59.7 Å². The zero-order chi connectivity index (χ0) is 25.1. The number of aromatic nitrogens is 1. The third kappa shape index (κ3) is 6.88. The number of aromatic amines is 1. The number of carbonyl (C=O) groups is 2. The molecule has 3 rings (SSSR count). The van der Waals surface area contributed by atoms with Crippen molar-refractivity contribution in [2.24, 2.45) is 0 Å². The Morgan fingerprint density at radius 3 is 2.50 bits per heavy atom. The van der Waals surface area contributed by atoms with Crippen molar-refractivity contribution in [2.45, 2.75) is 65.7 Å². The third-order valence-corrected chi connectivity index (χ3v) is 5.04. The van der Waals surface area contributed by atoms with Gasteiger partial charge in [0.05, 0.1) is 12.9 Å². The van der Waals surface area contributed by atoms with Crippen molar-refractivity contribution in [3.8, 4) is 5.75 Å². The SMILES string of the molecule is CC(C)(C)OC(=O)NC/C(=C/F)COc1ccc2[nH]c3c(c2c1)CN(C(=O)OC(C)(C)C)CC3. The van der Waals surface area contributed by atoms with Gasteiger partial charge in [-0.2, -0.15) is 0 Å². The number of amides is 2. The first kappa shape index (κ1) is 25.4. The average molecular weight is 476 g/mol. The summed E-state index contributed by atoms with van der Waals surface area (Å²) in [7, 11) is 0. The van der Waals surface area contributed by atoms with Crippen molar-refractivity contribution >= 4 is 23.1 Å². The van der Waals surface area contributed by atoms with Gasteiger partial charge in [-0.3, -0.25) is 0 Å². The summed E-state index contributed by atoms with van der Waals surface area (Å²) in [6, 6.07) is 5.58. The lowest BCUT2D eigenvalue weighted by atomic mass is 10.0. The van der Waals surface area contributed by atoms with Crippen LogP contribution < -0.4 is 10.1 Å². The average Bonchev–Trinajstić information content (AvgIpc) is 3.08. The lowest BCUT2D eigenvalue weighted by Crippen LogP contribution is -2.39. The second-order valence-corrected chi connectivity index (χ2v) is 10.4. The van der Waals surface area contributed by atoms with Gasteiger partial charge in [-0.1, -0.05) is 0 Å². The summed E-state index contributed by atoms with van der Waals surface area (Å²) < 4.78 is 29.8. The van der Waals surface area contributed by atoms with E-state index in [0.29, 0.717) is 31.6 Å². The first-order valence-corrected chi connectivity index (χ1v) is 11.3. The number of carbonyl (C=O) groups excluding carboxylic acids is 2. The van der Waals surface area contributed by atoms with Crippen LogP contribution in [0.2, 0.25) is 0 Å². The highest BCUT2D eigenvalue weighted by Crippen LogP contribution is 2.31. The predicted octanol–water partition coefficient (Wildman–Crippen LogP) is 5.22. The molecule has 0 saturated carbocycles. The first-order chi connectivity index (χ1) is 15.8. The molecule has 2 amide bonds. The van der Waals surface area contributed by atoms with Crippen molar-refractivity contribution < 1.29 is 28.2 Å². The first-order valence-electron chi connectivity index (χ1n) is 11.3. The number of hydrogen-bond donors (Lipinski definition) is 2. The van der Waals surface area contributed by atoms with E-state index in [2.05, 4.69) is 10.3 Å². The van der Waals surface area contributed by atoms with Crippen LogP contribution in [0.5, 0.6) is 5.75 Å². The number of alkyl carbamates (subject to hydrolysis) is 1. The van der Waals surface area contributed by atoms with Crippen LogP contribution in [0.1, 0.15) is 52.8 Å². The number of ether oxygens (including phenoxy) is 3. The summed E-state index contributed by atoms with van der Waals surface area (Å²) in [4.78, 5) is 29.4. The fourth-order valence-electron chi connectivity index (χ4n) is 3.56. The molecule has 2 aromatic rings. The maximum atomic E-state index is 13.3. The van der Waals surface area contributed by atoms with E-state index in [4.69, 9.17) is 14.2 Å². The number of H-pyrrole nitrogens is 1. The van der Waals surface area contributed by atoms with Crippen LogP contribution in [0.4, 0.5) is 14.0 Å². The lowest BCUT2D eigenvalue weighted by Gasteiger charge is -2.30. The monoisotopic (exact) mass is 475 g/mol. The molecule has 0 unspecified atom stereocenters. The van der Waals surface area contributed by atoms with Gasteiger partial charge < -0.3 is 29.4 Å². The standard InChI is InChI=1S/C25H34FN3O5/c1-24(2,3)33-22(30)27-13-16(12-26)15-32-17-7-8-20-18(11-17)19-14-29(10-9-21(19)28-20)23(31)34-25(4,5)6/h7-8,11-12,28H,9-10,13-15H2,1-6H3,(H,27,30)/b16-12-. The molecule has 2 N–H and O–H groups in total.